The molecule has 0 unspecified atom stereocenters. The fraction of sp³-hybridized carbons (Fsp3) is 0. The molecule has 0 spiro atoms. The predicted octanol–water partition coefficient (Wildman–Crippen LogP) is -3.72. The van der Waals surface area contributed by atoms with Crippen molar-refractivity contribution in [2.24, 2.45) is 5.73 Å². The number of rotatable bonds is 2. The summed E-state index contributed by atoms with van der Waals surface area (Å²) in [5.41, 5.74) is 4.53. The zero-order chi connectivity index (χ0) is 12.0. The number of carbonyl (C=O) groups excluding carboxylic acids is 2. The van der Waals surface area contributed by atoms with Crippen molar-refractivity contribution in [1.82, 2.24) is 0 Å². The number of hydrogen-bond donors (Lipinski definition) is 1. The maximum absolute atomic E-state index is 9.47. The molecule has 2 N–H and O–H groups in total. The van der Waals surface area contributed by atoms with E-state index in [9.17, 15) is 4.79 Å². The van der Waals surface area contributed by atoms with E-state index in [1.165, 1.54) is 6.08 Å². The van der Waals surface area contributed by atoms with Gasteiger partial charge in [0.05, 0.1) is 12.0 Å². The number of nitriles is 1. The van der Waals surface area contributed by atoms with E-state index >= 15 is 0 Å². The zero-order valence-electron chi connectivity index (χ0n) is 8.60. The Labute approximate surface area is 101 Å². The largest absolute Gasteiger partial charge is 1.00 e. The predicted molar refractivity (Wildman–Crippen MR) is 50.4 cm³/mol. The van der Waals surface area contributed by atoms with Crippen LogP contribution in [-0.2, 0) is 9.59 Å². The summed E-state index contributed by atoms with van der Waals surface area (Å²) >= 11 is 0. The Morgan fingerprint density at radius 1 is 1.27 bits per heavy atom. The minimum atomic E-state index is -1.23. The van der Waals surface area contributed by atoms with Crippen LogP contribution in [0.25, 0.3) is 0 Å². The third kappa shape index (κ3) is 122. The van der Waals surface area contributed by atoms with Gasteiger partial charge in [-0.25, -0.2) is 0 Å². The summed E-state index contributed by atoms with van der Waals surface area (Å²) in [6.07, 6.45) is 2.96. The fourth-order valence-electron chi connectivity index (χ4n) is 0. The van der Waals surface area contributed by atoms with Gasteiger partial charge >= 0.3 is 18.9 Å². The molecule has 0 rings (SSSR count). The number of carbonyl (C=O) groups is 2. The molecule has 0 heterocycles. The van der Waals surface area contributed by atoms with Crippen molar-refractivity contribution >= 4 is 11.9 Å². The van der Waals surface area contributed by atoms with Crippen molar-refractivity contribution in [3.63, 3.8) is 0 Å². The first-order valence-electron chi connectivity index (χ1n) is 3.22. The van der Waals surface area contributed by atoms with E-state index in [2.05, 4.69) is 25.5 Å². The van der Waals surface area contributed by atoms with E-state index in [-0.39, 0.29) is 18.9 Å². The van der Waals surface area contributed by atoms with Gasteiger partial charge in [-0.1, -0.05) is 19.7 Å². The number of nitrogens with zero attached hydrogens (tertiary/aromatic N) is 1. The van der Waals surface area contributed by atoms with Gasteiger partial charge in [0.1, 0.15) is 0 Å². The Morgan fingerprint density at radius 2 is 1.47 bits per heavy atom. The van der Waals surface area contributed by atoms with Gasteiger partial charge < -0.3 is 15.6 Å². The molecule has 0 aliphatic rings. The topological polar surface area (TPSA) is 107 Å². The summed E-state index contributed by atoms with van der Waals surface area (Å²) in [4.78, 5) is 18.6. The summed E-state index contributed by atoms with van der Waals surface area (Å²) in [7, 11) is 0. The van der Waals surface area contributed by atoms with Crippen LogP contribution in [-0.4, -0.2) is 11.9 Å². The summed E-state index contributed by atoms with van der Waals surface area (Å²) in [6, 6.07) is 1.69. The molecule has 0 aliphatic heterocycles. The first-order valence-corrected chi connectivity index (χ1v) is 3.22. The van der Waals surface area contributed by atoms with Crippen molar-refractivity contribution in [3.05, 3.63) is 38.0 Å². The second-order valence-electron chi connectivity index (χ2n) is 1.46. The molecule has 76 valence electrons. The van der Waals surface area contributed by atoms with Crippen LogP contribution >= 0.6 is 0 Å². The molecule has 1 amide bonds. The molecule has 0 fully saturated rings. The number of hydrogen-bond acceptors (Lipinski definition) is 4. The van der Waals surface area contributed by atoms with Crippen molar-refractivity contribution in [3.8, 4) is 6.07 Å². The standard InChI is InChI=1S/C3H5NO.C3H3N.C3H4O2.Li/c1-2-3(4)5;1-2-3-4;1-2-3(4)5;/h2H,1H2,(H2,4,5);2H,1H2;2H,1H2,(H,4,5);/q;;;+1/p-1. The molecular weight excluding hydrogens is 191 g/mol. The molecule has 0 aromatic rings. The van der Waals surface area contributed by atoms with E-state index in [0.717, 1.165) is 12.2 Å². The minimum absolute atomic E-state index is 0. The van der Waals surface area contributed by atoms with Gasteiger partial charge in [-0.15, -0.1) is 0 Å². The van der Waals surface area contributed by atoms with Gasteiger partial charge in [-0.2, -0.15) is 5.26 Å². The van der Waals surface area contributed by atoms with Crippen LogP contribution in [0.3, 0.4) is 0 Å². The quantitative estimate of drug-likeness (QED) is 0.282. The van der Waals surface area contributed by atoms with Gasteiger partial charge in [0.25, 0.3) is 0 Å². The minimum Gasteiger partial charge on any atom is -0.545 e. The monoisotopic (exact) mass is 202 g/mol. The van der Waals surface area contributed by atoms with Gasteiger partial charge in [-0.3, -0.25) is 4.79 Å². The normalized spacial score (nSPS) is 5.27. The van der Waals surface area contributed by atoms with Crippen LogP contribution in [0.5, 0.6) is 0 Å². The van der Waals surface area contributed by atoms with Crippen LogP contribution in [0.1, 0.15) is 0 Å². The number of carboxylic acid groups (broad SMARTS) is 1. The second-order valence-corrected chi connectivity index (χ2v) is 1.46. The summed E-state index contributed by atoms with van der Waals surface area (Å²) < 4.78 is 0. The number of carboxylic acids is 1. The number of aliphatic carboxylic acids is 1. The Balaban J connectivity index is -0.0000000590. The Morgan fingerprint density at radius 3 is 1.47 bits per heavy atom. The van der Waals surface area contributed by atoms with Crippen LogP contribution in [0, 0.1) is 11.3 Å². The number of allylic oxidation sites excluding steroid dienone is 1. The van der Waals surface area contributed by atoms with E-state index < -0.39 is 11.9 Å². The molecular formula is C9H11LiN2O3. The average Bonchev–Trinajstić information content (AvgIpc) is 2.19. The molecule has 0 radical (unpaired) electrons. The maximum Gasteiger partial charge on any atom is 1.00 e. The molecule has 0 saturated carbocycles. The molecule has 6 heteroatoms. The molecule has 0 saturated heterocycles. The maximum atomic E-state index is 9.47. The first kappa shape index (κ1) is 23.2. The van der Waals surface area contributed by atoms with E-state index in [0.29, 0.717) is 0 Å². The third-order valence-electron chi connectivity index (χ3n) is 0.459. The van der Waals surface area contributed by atoms with Gasteiger partial charge in [0, 0.05) is 6.08 Å². The summed E-state index contributed by atoms with van der Waals surface area (Å²) in [5.74, 6) is -1.71. The van der Waals surface area contributed by atoms with Crippen molar-refractivity contribution in [2.75, 3.05) is 0 Å². The molecule has 0 bridgehead atoms. The number of primary amides is 1. The summed E-state index contributed by atoms with van der Waals surface area (Å²) in [5, 5.41) is 16.6. The van der Waals surface area contributed by atoms with Crippen molar-refractivity contribution in [2.45, 2.75) is 0 Å². The molecule has 0 atom stereocenters. The molecule has 0 aliphatic carbocycles. The SMILES string of the molecule is C=CC#N.C=CC(=O)[O-].C=CC(N)=O.[Li+]. The Kier molecular flexibility index (Phi) is 35.3. The molecule has 5 nitrogen and oxygen atoms in total. The number of amides is 1. The van der Waals surface area contributed by atoms with Gasteiger partial charge in [0.15, 0.2) is 0 Å². The van der Waals surface area contributed by atoms with Gasteiger partial charge in [0.2, 0.25) is 5.91 Å². The van der Waals surface area contributed by atoms with E-state index in [1.54, 1.807) is 6.07 Å². The summed E-state index contributed by atoms with van der Waals surface area (Å²) in [6.45, 7) is 9.10. The second kappa shape index (κ2) is 22.8. The van der Waals surface area contributed by atoms with Crippen LogP contribution in [0.2, 0.25) is 0 Å². The van der Waals surface area contributed by atoms with E-state index in [4.69, 9.17) is 15.2 Å². The Hall–Kier alpha value is -1.75. The van der Waals surface area contributed by atoms with Gasteiger partial charge in [-0.05, 0) is 12.2 Å². The average molecular weight is 202 g/mol. The first-order chi connectivity index (χ1) is 6.45. The van der Waals surface area contributed by atoms with Crippen molar-refractivity contribution in [1.29, 1.82) is 5.26 Å². The number of nitrogens with two attached hydrogens (primary N) is 1. The van der Waals surface area contributed by atoms with E-state index in [1.807, 2.05) is 0 Å². The molecule has 0 aromatic carbocycles. The fourth-order valence-corrected chi connectivity index (χ4v) is 0. The zero-order valence-corrected chi connectivity index (χ0v) is 8.60. The third-order valence-corrected chi connectivity index (χ3v) is 0.459. The molecule has 15 heavy (non-hydrogen) atoms. The van der Waals surface area contributed by atoms with Crippen LogP contribution < -0.4 is 29.7 Å². The van der Waals surface area contributed by atoms with Crippen LogP contribution in [0.15, 0.2) is 38.0 Å². The smallest absolute Gasteiger partial charge is 0.545 e. The molecule has 0 aromatic heterocycles. The Bertz CT molecular complexity index is 239. The van der Waals surface area contributed by atoms with Crippen LogP contribution in [0.4, 0.5) is 0 Å². The van der Waals surface area contributed by atoms with Crippen molar-refractivity contribution < 1.29 is 33.6 Å².